The quantitative estimate of drug-likeness (QED) is 0.0839. The van der Waals surface area contributed by atoms with Crippen LogP contribution in [0.5, 0.6) is 0 Å². The molecule has 0 aromatic heterocycles. The molecule has 4 saturated heterocycles. The first kappa shape index (κ1) is 55.3. The Morgan fingerprint density at radius 2 is 1.29 bits per heavy atom. The van der Waals surface area contributed by atoms with E-state index in [1.54, 1.807) is 0 Å². The maximum Gasteiger partial charge on any atom is 0.315 e. The van der Waals surface area contributed by atoms with Gasteiger partial charge in [-0.1, -0.05) is 60.1 Å². The van der Waals surface area contributed by atoms with Gasteiger partial charge in [-0.25, -0.2) is 0 Å². The summed E-state index contributed by atoms with van der Waals surface area (Å²) in [6.07, 6.45) is -16.4. The summed E-state index contributed by atoms with van der Waals surface area (Å²) in [5.41, 5.74) is -0.502. The third-order valence-electron chi connectivity index (χ3n) is 20.6. The van der Waals surface area contributed by atoms with Gasteiger partial charge in [-0.3, -0.25) is 4.79 Å². The van der Waals surface area contributed by atoms with Crippen LogP contribution in [0.1, 0.15) is 120 Å². The van der Waals surface area contributed by atoms with E-state index in [4.69, 9.17) is 37.9 Å². The molecule has 0 aromatic carbocycles. The number of hydrogen-bond acceptors (Lipinski definition) is 20. The molecule has 0 aromatic rings. The Morgan fingerprint density at radius 3 is 2.00 bits per heavy atom. The van der Waals surface area contributed by atoms with Crippen LogP contribution in [0, 0.1) is 50.2 Å². The van der Waals surface area contributed by atoms with Gasteiger partial charge >= 0.3 is 5.97 Å². The number of carbonyl (C=O) groups excluding carboxylic acids is 1. The molecule has 0 radical (unpaired) electrons. The average Bonchev–Trinajstić information content (AvgIpc) is 3.32. The van der Waals surface area contributed by atoms with Gasteiger partial charge in [0.05, 0.1) is 37.4 Å². The van der Waals surface area contributed by atoms with Crippen molar-refractivity contribution in [1.82, 2.24) is 0 Å². The van der Waals surface area contributed by atoms with E-state index in [1.807, 2.05) is 0 Å². The molecular formula is C52H84O20. The van der Waals surface area contributed by atoms with Crippen LogP contribution < -0.4 is 0 Å². The molecule has 11 N–H and O–H groups in total. The fraction of sp³-hybridized carbons (Fsp3) is 0.942. The van der Waals surface area contributed by atoms with E-state index in [9.17, 15) is 61.0 Å². The minimum absolute atomic E-state index is 0.0511. The second-order valence-corrected chi connectivity index (χ2v) is 25.4. The van der Waals surface area contributed by atoms with Crippen LogP contribution in [0.2, 0.25) is 0 Å². The van der Waals surface area contributed by atoms with Crippen molar-refractivity contribution in [2.24, 2.45) is 50.2 Å². The molecule has 412 valence electrons. The number of allylic oxidation sites excluding steroid dienone is 2. The highest BCUT2D eigenvalue weighted by Crippen LogP contribution is 2.76. The zero-order valence-electron chi connectivity index (χ0n) is 43.1. The first-order valence-electron chi connectivity index (χ1n) is 26.5. The third kappa shape index (κ3) is 8.87. The van der Waals surface area contributed by atoms with Gasteiger partial charge in [0.2, 0.25) is 6.29 Å². The highest BCUT2D eigenvalue weighted by atomic mass is 16.8. The smallest absolute Gasteiger partial charge is 0.315 e. The van der Waals surface area contributed by atoms with Crippen molar-refractivity contribution < 1.29 is 98.9 Å². The summed E-state index contributed by atoms with van der Waals surface area (Å²) in [5, 5.41) is 117. The summed E-state index contributed by atoms with van der Waals surface area (Å²) in [6.45, 7) is 16.5. The lowest BCUT2D eigenvalue weighted by atomic mass is 9.33. The molecule has 26 atom stereocenters. The molecule has 5 aliphatic carbocycles. The molecule has 9 aliphatic rings. The van der Waals surface area contributed by atoms with E-state index in [1.165, 1.54) is 12.5 Å². The van der Waals surface area contributed by atoms with Gasteiger partial charge in [0.25, 0.3) is 0 Å². The second-order valence-electron chi connectivity index (χ2n) is 25.4. The number of hydrogen-bond donors (Lipinski definition) is 11. The van der Waals surface area contributed by atoms with Gasteiger partial charge in [-0.05, 0) is 116 Å². The number of aliphatic hydroxyl groups is 11. The molecule has 0 unspecified atom stereocenters. The minimum Gasteiger partial charge on any atom is -0.432 e. The maximum absolute atomic E-state index is 14.7. The Labute approximate surface area is 421 Å². The predicted octanol–water partition coefficient (Wildman–Crippen LogP) is 0.271. The summed E-state index contributed by atoms with van der Waals surface area (Å²) in [5.74, 6) is -0.0937. The maximum atomic E-state index is 14.7. The lowest BCUT2D eigenvalue weighted by Gasteiger charge is -2.71. The largest absolute Gasteiger partial charge is 0.432 e. The number of fused-ring (bicyclic) bond motifs is 7. The molecule has 20 nitrogen and oxygen atoms in total. The van der Waals surface area contributed by atoms with E-state index >= 15 is 0 Å². The molecule has 4 heterocycles. The Morgan fingerprint density at radius 1 is 0.639 bits per heavy atom. The molecule has 4 saturated carbocycles. The van der Waals surface area contributed by atoms with Gasteiger partial charge in [0.15, 0.2) is 18.9 Å². The molecule has 4 aliphatic heterocycles. The van der Waals surface area contributed by atoms with Crippen LogP contribution in [-0.4, -0.2) is 199 Å². The van der Waals surface area contributed by atoms with Crippen molar-refractivity contribution in [3.63, 3.8) is 0 Å². The minimum atomic E-state index is -1.68. The highest BCUT2D eigenvalue weighted by molar-refractivity contribution is 5.79. The number of carbonyl (C=O) groups is 1. The van der Waals surface area contributed by atoms with Crippen molar-refractivity contribution in [3.8, 4) is 0 Å². The van der Waals surface area contributed by atoms with Crippen molar-refractivity contribution in [2.75, 3.05) is 19.8 Å². The standard InChI is InChI=1S/C52H84O20/c1-23-32(55)41(71-43-37(60)33(56)26(54)21-65-43)40(63)45(67-23)69-28-22-66-42(38(61)35(28)58)70-31-12-13-49(6)29(48(31,4)5)11-14-51(8)30(49)10-9-24-25-19-47(2,3)15-17-52(25,18-16-50(24,51)7)46(64)72-44-39(62)36(59)34(57)27(20-53)68-44/h9,23,25-45,53-63H,10-22H2,1-8H3/t23-,25-,26+,27+,28+,29-,30+,31-,32-,33-,34+,35-,36-,37+,38+,39+,40+,41+,42-,43-,44-,45-,49-,50+,51+,52-/m0/s1. The van der Waals surface area contributed by atoms with Crippen LogP contribution in [0.3, 0.4) is 0 Å². The fourth-order valence-electron chi connectivity index (χ4n) is 15.9. The Bertz CT molecular complexity index is 1990. The summed E-state index contributed by atoms with van der Waals surface area (Å²) in [7, 11) is 0. The van der Waals surface area contributed by atoms with Crippen molar-refractivity contribution in [1.29, 1.82) is 0 Å². The number of ether oxygens (including phenoxy) is 8. The molecule has 0 amide bonds. The van der Waals surface area contributed by atoms with Crippen molar-refractivity contribution in [2.45, 2.75) is 236 Å². The SMILES string of the molecule is C[C@@H]1O[C@@H](O[C@@H]2CO[C@@H](O[C@H]3CC[C@]4(C)[C@H]5CC=C6[C@@H]7CC(C)(C)CC[C@]7(C(=O)O[C@@H]7O[C@H](CO)[C@@H](O)[C@H](O)[C@H]7O)CC[C@@]6(C)[C@]5(C)CC[C@H]4C3(C)C)[C@H](O)[C@H]2O)[C@H](O)[C@H](O[C@@H]2OC[C@@H](O)[C@H](O)[C@H]2O)[C@H]1O. The zero-order valence-corrected chi connectivity index (χ0v) is 43.1. The fourth-order valence-corrected chi connectivity index (χ4v) is 15.9. The molecule has 9 rings (SSSR count). The molecule has 72 heavy (non-hydrogen) atoms. The zero-order chi connectivity index (χ0) is 52.4. The summed E-state index contributed by atoms with van der Waals surface area (Å²) in [6, 6.07) is 0. The van der Waals surface area contributed by atoms with Crippen LogP contribution >= 0.6 is 0 Å². The number of aliphatic hydroxyl groups excluding tert-OH is 11. The van der Waals surface area contributed by atoms with E-state index in [0.29, 0.717) is 25.2 Å². The summed E-state index contributed by atoms with van der Waals surface area (Å²) < 4.78 is 47.3. The highest BCUT2D eigenvalue weighted by Gasteiger charge is 2.70. The first-order chi connectivity index (χ1) is 33.7. The van der Waals surface area contributed by atoms with Crippen molar-refractivity contribution in [3.05, 3.63) is 11.6 Å². The van der Waals surface area contributed by atoms with Crippen molar-refractivity contribution >= 4 is 5.97 Å². The lowest BCUT2D eigenvalue weighted by Crippen LogP contribution is -2.66. The molecular weight excluding hydrogens is 945 g/mol. The second kappa shape index (κ2) is 19.7. The van der Waals surface area contributed by atoms with Crippen LogP contribution in [0.15, 0.2) is 11.6 Å². The topological polar surface area (TPSA) is 313 Å². The third-order valence-corrected chi connectivity index (χ3v) is 20.6. The van der Waals surface area contributed by atoms with E-state index in [2.05, 4.69) is 54.5 Å². The van der Waals surface area contributed by atoms with E-state index in [0.717, 1.165) is 44.9 Å². The van der Waals surface area contributed by atoms with Gasteiger partial charge in [0, 0.05) is 0 Å². The van der Waals surface area contributed by atoms with Gasteiger partial charge < -0.3 is 94.1 Å². The Balaban J connectivity index is 0.870. The van der Waals surface area contributed by atoms with Crippen LogP contribution in [-0.2, 0) is 42.7 Å². The normalized spacial score (nSPS) is 54.2. The monoisotopic (exact) mass is 1030 g/mol. The van der Waals surface area contributed by atoms with Gasteiger partial charge in [-0.15, -0.1) is 0 Å². The van der Waals surface area contributed by atoms with E-state index < -0.39 is 129 Å². The first-order valence-corrected chi connectivity index (χ1v) is 26.5. The number of rotatable bonds is 9. The molecule has 0 bridgehead atoms. The van der Waals surface area contributed by atoms with Crippen LogP contribution in [0.25, 0.3) is 0 Å². The predicted molar refractivity (Wildman–Crippen MR) is 249 cm³/mol. The van der Waals surface area contributed by atoms with Gasteiger partial charge in [0.1, 0.15) is 79.4 Å². The lowest BCUT2D eigenvalue weighted by molar-refractivity contribution is -0.367. The molecule has 8 fully saturated rings. The molecule has 20 heteroatoms. The Kier molecular flexibility index (Phi) is 15.2. The Hall–Kier alpha value is -1.51. The average molecular weight is 1030 g/mol. The summed E-state index contributed by atoms with van der Waals surface area (Å²) >= 11 is 0. The molecule has 0 spiro atoms. The van der Waals surface area contributed by atoms with E-state index in [-0.39, 0.29) is 58.2 Å². The number of esters is 1. The van der Waals surface area contributed by atoms with Gasteiger partial charge in [-0.2, -0.15) is 0 Å². The summed E-state index contributed by atoms with van der Waals surface area (Å²) in [4.78, 5) is 14.7. The van der Waals surface area contributed by atoms with Crippen LogP contribution in [0.4, 0.5) is 0 Å².